The number of carboxylic acids is 1. The molecule has 16 heavy (non-hydrogen) atoms. The Kier molecular flexibility index (Phi) is 3.44. The van der Waals surface area contributed by atoms with Crippen molar-refractivity contribution < 1.29 is 19.1 Å². The minimum absolute atomic E-state index is 0.0323. The Hall–Kier alpha value is -2.11. The molecule has 4 N–H and O–H groups in total. The number of rotatable bonds is 3. The number of nitrogens with two attached hydrogens (primary N) is 1. The monoisotopic (exact) mass is 225 g/mol. The van der Waals surface area contributed by atoms with Crippen LogP contribution in [0.3, 0.4) is 0 Å². The largest absolute Gasteiger partial charge is 0.480 e. The lowest BCUT2D eigenvalue weighted by atomic mass is 10.1. The number of carbonyl (C=O) groups excluding carboxylic acids is 1. The smallest absolute Gasteiger partial charge is 0.325 e. The third-order valence-electron chi connectivity index (χ3n) is 1.99. The van der Waals surface area contributed by atoms with Crippen LogP contribution in [-0.4, -0.2) is 23.0 Å². The molecule has 0 saturated carbocycles. The molecule has 0 heterocycles. The Labute approximate surface area is 91.1 Å². The zero-order chi connectivity index (χ0) is 12.3. The highest BCUT2D eigenvalue weighted by atomic mass is 18.2. The van der Waals surface area contributed by atoms with Gasteiger partial charge in [-0.1, -0.05) is 6.07 Å². The second-order valence-electron chi connectivity index (χ2n) is 3.24. The Morgan fingerprint density at radius 1 is 1.50 bits per heavy atom. The maximum atomic E-state index is 13.3. The predicted molar refractivity (Wildman–Crippen MR) is 55.4 cm³/mol. The standard InChI is InChI=1S/C10H11FN2O3/c1-5(10(15)16)13-9(14)8-6(11)3-2-4-7(8)12/h2-5H,12H2,1H3,(H,13,14)(H,15,16)/t5-/m0/s1/i11-1. The van der Waals surface area contributed by atoms with Gasteiger partial charge in [0.05, 0.1) is 5.56 Å². The summed E-state index contributed by atoms with van der Waals surface area (Å²) in [5.41, 5.74) is 5.06. The highest BCUT2D eigenvalue weighted by Crippen LogP contribution is 2.15. The number of hydrogen-bond acceptors (Lipinski definition) is 3. The molecule has 1 rings (SSSR count). The summed E-state index contributed by atoms with van der Waals surface area (Å²) in [6.45, 7) is 1.28. The van der Waals surface area contributed by atoms with Gasteiger partial charge in [-0.3, -0.25) is 9.59 Å². The SMILES string of the molecule is C[C@H](NC(=O)c1c(N)cccc1[18F])C(=O)O. The van der Waals surface area contributed by atoms with E-state index < -0.39 is 23.7 Å². The summed E-state index contributed by atoms with van der Waals surface area (Å²) in [5, 5.41) is 10.7. The molecule has 0 fully saturated rings. The average molecular weight is 225 g/mol. The molecular weight excluding hydrogens is 214 g/mol. The number of amides is 1. The zero-order valence-electron chi connectivity index (χ0n) is 8.53. The van der Waals surface area contributed by atoms with Crippen LogP contribution in [0, 0.1) is 5.82 Å². The lowest BCUT2D eigenvalue weighted by Crippen LogP contribution is -2.39. The molecule has 0 aliphatic rings. The minimum atomic E-state index is -1.21. The van der Waals surface area contributed by atoms with E-state index in [1.165, 1.54) is 19.1 Å². The van der Waals surface area contributed by atoms with Gasteiger partial charge in [-0.25, -0.2) is 4.39 Å². The summed E-state index contributed by atoms with van der Waals surface area (Å²) < 4.78 is 13.3. The van der Waals surface area contributed by atoms with E-state index in [-0.39, 0.29) is 11.3 Å². The van der Waals surface area contributed by atoms with Crippen LogP contribution in [0.25, 0.3) is 0 Å². The molecule has 0 radical (unpaired) electrons. The van der Waals surface area contributed by atoms with Gasteiger partial charge < -0.3 is 16.2 Å². The molecule has 0 aromatic heterocycles. The van der Waals surface area contributed by atoms with E-state index >= 15 is 0 Å². The van der Waals surface area contributed by atoms with Crippen molar-refractivity contribution >= 4 is 17.6 Å². The Morgan fingerprint density at radius 3 is 2.62 bits per heavy atom. The van der Waals surface area contributed by atoms with Crippen molar-refractivity contribution in [2.45, 2.75) is 13.0 Å². The molecule has 6 heteroatoms. The van der Waals surface area contributed by atoms with Crippen molar-refractivity contribution in [2.24, 2.45) is 0 Å². The van der Waals surface area contributed by atoms with Gasteiger partial charge in [-0.05, 0) is 19.1 Å². The molecule has 0 saturated heterocycles. The fraction of sp³-hybridized carbons (Fsp3) is 0.200. The van der Waals surface area contributed by atoms with Crippen LogP contribution >= 0.6 is 0 Å². The number of halogens is 1. The summed E-state index contributed by atoms with van der Waals surface area (Å²) in [5.74, 6) is -2.83. The molecule has 0 unspecified atom stereocenters. The van der Waals surface area contributed by atoms with E-state index in [4.69, 9.17) is 10.8 Å². The predicted octanol–water partition coefficient (Wildman–Crippen LogP) is 0.611. The molecule has 1 aromatic carbocycles. The maximum Gasteiger partial charge on any atom is 0.325 e. The molecular formula is C10H11FN2O3. The van der Waals surface area contributed by atoms with Crippen LogP contribution < -0.4 is 11.1 Å². The average Bonchev–Trinajstić information content (AvgIpc) is 2.16. The molecule has 0 aliphatic carbocycles. The van der Waals surface area contributed by atoms with Gasteiger partial charge in [0.2, 0.25) is 0 Å². The van der Waals surface area contributed by atoms with Crippen molar-refractivity contribution in [3.05, 3.63) is 29.6 Å². The third-order valence-corrected chi connectivity index (χ3v) is 1.99. The Bertz CT molecular complexity index is 414. The Balaban J connectivity index is 2.93. The first-order valence-corrected chi connectivity index (χ1v) is 4.51. The van der Waals surface area contributed by atoms with Crippen molar-refractivity contribution in [3.63, 3.8) is 0 Å². The van der Waals surface area contributed by atoms with Crippen LogP contribution in [0.2, 0.25) is 0 Å². The first-order chi connectivity index (χ1) is 7.43. The molecule has 1 atom stereocenters. The van der Waals surface area contributed by atoms with Crippen molar-refractivity contribution in [1.29, 1.82) is 0 Å². The molecule has 0 aliphatic heterocycles. The fourth-order valence-electron chi connectivity index (χ4n) is 1.11. The quantitative estimate of drug-likeness (QED) is 0.657. The van der Waals surface area contributed by atoms with Gasteiger partial charge in [0, 0.05) is 5.69 Å². The second-order valence-corrected chi connectivity index (χ2v) is 3.24. The summed E-state index contributed by atoms with van der Waals surface area (Å²) in [6.07, 6.45) is 0. The molecule has 1 amide bonds. The molecule has 86 valence electrons. The topological polar surface area (TPSA) is 92.4 Å². The summed E-state index contributed by atoms with van der Waals surface area (Å²) >= 11 is 0. The second kappa shape index (κ2) is 4.61. The molecule has 1 aromatic rings. The maximum absolute atomic E-state index is 13.3. The van der Waals surface area contributed by atoms with Crippen molar-refractivity contribution in [2.75, 3.05) is 5.73 Å². The van der Waals surface area contributed by atoms with Crippen molar-refractivity contribution in [1.82, 2.24) is 5.32 Å². The first-order valence-electron chi connectivity index (χ1n) is 4.51. The minimum Gasteiger partial charge on any atom is -0.480 e. The van der Waals surface area contributed by atoms with Gasteiger partial charge in [0.1, 0.15) is 11.9 Å². The third kappa shape index (κ3) is 2.47. The number of carboxylic acid groups (broad SMARTS) is 1. The normalized spacial score (nSPS) is 11.9. The Morgan fingerprint density at radius 2 is 2.12 bits per heavy atom. The number of nitrogens with one attached hydrogen (secondary N) is 1. The van der Waals surface area contributed by atoms with E-state index in [1.54, 1.807) is 0 Å². The van der Waals surface area contributed by atoms with E-state index in [2.05, 4.69) is 5.32 Å². The zero-order valence-corrected chi connectivity index (χ0v) is 8.53. The number of nitrogen functional groups attached to an aromatic ring is 1. The fourth-order valence-corrected chi connectivity index (χ4v) is 1.11. The van der Waals surface area contributed by atoms with E-state index in [0.717, 1.165) is 6.07 Å². The molecule has 5 nitrogen and oxygen atoms in total. The van der Waals surface area contributed by atoms with Crippen LogP contribution in [0.1, 0.15) is 17.3 Å². The molecule has 0 bridgehead atoms. The number of anilines is 1. The van der Waals surface area contributed by atoms with Crippen LogP contribution in [0.15, 0.2) is 18.2 Å². The van der Waals surface area contributed by atoms with E-state index in [0.29, 0.717) is 0 Å². The van der Waals surface area contributed by atoms with E-state index in [9.17, 15) is 14.0 Å². The van der Waals surface area contributed by atoms with Gasteiger partial charge >= 0.3 is 5.97 Å². The lowest BCUT2D eigenvalue weighted by molar-refractivity contribution is -0.138. The summed E-state index contributed by atoms with van der Waals surface area (Å²) in [7, 11) is 0. The van der Waals surface area contributed by atoms with Gasteiger partial charge in [0.15, 0.2) is 0 Å². The lowest BCUT2D eigenvalue weighted by Gasteiger charge is -2.11. The number of benzene rings is 1. The van der Waals surface area contributed by atoms with Gasteiger partial charge in [0.25, 0.3) is 5.91 Å². The van der Waals surface area contributed by atoms with Gasteiger partial charge in [-0.15, -0.1) is 0 Å². The van der Waals surface area contributed by atoms with Crippen LogP contribution in [-0.2, 0) is 4.79 Å². The van der Waals surface area contributed by atoms with Crippen LogP contribution in [0.5, 0.6) is 0 Å². The highest BCUT2D eigenvalue weighted by Gasteiger charge is 2.19. The van der Waals surface area contributed by atoms with E-state index in [1.807, 2.05) is 0 Å². The summed E-state index contributed by atoms with van der Waals surface area (Å²) in [6, 6.07) is 2.70. The molecule has 0 spiro atoms. The first kappa shape index (κ1) is 12.0. The summed E-state index contributed by atoms with van der Waals surface area (Å²) in [4.78, 5) is 22.0. The number of aliphatic carboxylic acids is 1. The van der Waals surface area contributed by atoms with Crippen LogP contribution in [0.4, 0.5) is 10.1 Å². The number of hydrogen-bond donors (Lipinski definition) is 3. The van der Waals surface area contributed by atoms with Crippen molar-refractivity contribution in [3.8, 4) is 0 Å². The highest BCUT2D eigenvalue weighted by molar-refractivity contribution is 6.00. The number of carbonyl (C=O) groups is 2. The van der Waals surface area contributed by atoms with Gasteiger partial charge in [-0.2, -0.15) is 0 Å².